The minimum Gasteiger partial charge on any atom is -0.496 e. The summed E-state index contributed by atoms with van der Waals surface area (Å²) in [6.07, 6.45) is 0. The Kier molecular flexibility index (Phi) is 7.10. The third-order valence-electron chi connectivity index (χ3n) is 6.37. The van der Waals surface area contributed by atoms with Crippen molar-refractivity contribution in [1.29, 1.82) is 0 Å². The molecule has 3 aromatic rings. The molecule has 0 saturated heterocycles. The van der Waals surface area contributed by atoms with Gasteiger partial charge >= 0.3 is 5.97 Å². The zero-order chi connectivity index (χ0) is 27.8. The molecule has 4 rings (SSSR count). The average Bonchev–Trinajstić information content (AvgIpc) is 2.84. The Morgan fingerprint density at radius 3 is 2.39 bits per heavy atom. The van der Waals surface area contributed by atoms with Crippen LogP contribution in [0.4, 0.5) is 15.8 Å². The molecule has 8 heteroatoms. The highest BCUT2D eigenvalue weighted by molar-refractivity contribution is 6.07. The molecule has 1 aliphatic heterocycles. The number of hydrogen-bond acceptors (Lipinski definition) is 6. The van der Waals surface area contributed by atoms with E-state index in [1.807, 2.05) is 19.1 Å². The minimum absolute atomic E-state index is 0.0507. The fourth-order valence-corrected chi connectivity index (χ4v) is 4.06. The Morgan fingerprint density at radius 1 is 1.00 bits per heavy atom. The number of hydrogen-bond donors (Lipinski definition) is 2. The van der Waals surface area contributed by atoms with E-state index in [4.69, 9.17) is 14.2 Å². The molecule has 0 atom stereocenters. The number of anilines is 2. The molecule has 3 aromatic carbocycles. The van der Waals surface area contributed by atoms with E-state index < -0.39 is 16.8 Å². The molecule has 38 heavy (non-hydrogen) atoms. The van der Waals surface area contributed by atoms with Gasteiger partial charge in [0, 0.05) is 23.3 Å². The summed E-state index contributed by atoms with van der Waals surface area (Å²) in [5.74, 6) is 0.273. The van der Waals surface area contributed by atoms with Crippen molar-refractivity contribution < 1.29 is 28.2 Å². The second kappa shape index (κ2) is 10.0. The number of fused-ring (bicyclic) bond motifs is 1. The van der Waals surface area contributed by atoms with E-state index in [2.05, 4.69) is 10.6 Å². The summed E-state index contributed by atoms with van der Waals surface area (Å²) in [6, 6.07) is 13.3. The molecule has 0 unspecified atom stereocenters. The molecule has 0 saturated carbocycles. The summed E-state index contributed by atoms with van der Waals surface area (Å²) in [6.45, 7) is 10.8. The molecule has 0 spiro atoms. The Hall–Kier alpha value is -4.07. The fraction of sp³-hybridized carbons (Fsp3) is 0.333. The molecule has 0 bridgehead atoms. The molecule has 1 aliphatic rings. The number of esters is 1. The van der Waals surface area contributed by atoms with Gasteiger partial charge in [-0.3, -0.25) is 9.59 Å². The van der Waals surface area contributed by atoms with E-state index in [1.54, 1.807) is 58.9 Å². The highest BCUT2D eigenvalue weighted by atomic mass is 19.1. The van der Waals surface area contributed by atoms with Crippen molar-refractivity contribution in [2.75, 3.05) is 17.7 Å². The number of benzene rings is 3. The highest BCUT2D eigenvalue weighted by Crippen LogP contribution is 2.43. The molecule has 0 aliphatic carbocycles. The molecule has 2 N–H and O–H groups in total. The Balaban J connectivity index is 1.80. The number of aryl methyl sites for hydroxylation is 1. The number of nitrogens with one attached hydrogen (secondary N) is 2. The van der Waals surface area contributed by atoms with Crippen molar-refractivity contribution in [3.63, 3.8) is 0 Å². The second-order valence-corrected chi connectivity index (χ2v) is 10.9. The van der Waals surface area contributed by atoms with Crippen LogP contribution in [0.25, 0.3) is 11.1 Å². The van der Waals surface area contributed by atoms with Crippen molar-refractivity contribution in [2.24, 2.45) is 5.41 Å². The van der Waals surface area contributed by atoms with Crippen LogP contribution >= 0.6 is 0 Å². The largest absolute Gasteiger partial charge is 0.496 e. The molecule has 200 valence electrons. The second-order valence-electron chi connectivity index (χ2n) is 10.9. The molecular formula is C30H33FN2O5. The van der Waals surface area contributed by atoms with Crippen LogP contribution in [0.1, 0.15) is 45.7 Å². The van der Waals surface area contributed by atoms with Crippen LogP contribution in [-0.2, 0) is 16.2 Å². The number of rotatable bonds is 6. The SMILES string of the molecule is COc1cc(OC(=O)C(C)(C)C)ccc1-c1ccc2c(c1COc1cc(F)ccc1C)NC(=O)C(C)(C)N2. The van der Waals surface area contributed by atoms with Crippen LogP contribution in [0.15, 0.2) is 48.5 Å². The van der Waals surface area contributed by atoms with E-state index in [9.17, 15) is 14.0 Å². The van der Waals surface area contributed by atoms with Crippen LogP contribution in [-0.4, -0.2) is 24.5 Å². The van der Waals surface area contributed by atoms with E-state index in [1.165, 1.54) is 19.2 Å². The third kappa shape index (κ3) is 5.44. The molecule has 1 amide bonds. The summed E-state index contributed by atoms with van der Waals surface area (Å²) < 4.78 is 31.2. The van der Waals surface area contributed by atoms with E-state index in [-0.39, 0.29) is 18.5 Å². The lowest BCUT2D eigenvalue weighted by Gasteiger charge is -2.34. The molecule has 0 radical (unpaired) electrons. The molecule has 0 aromatic heterocycles. The number of halogens is 1. The van der Waals surface area contributed by atoms with Crippen LogP contribution in [0.3, 0.4) is 0 Å². The summed E-state index contributed by atoms with van der Waals surface area (Å²) in [7, 11) is 1.53. The summed E-state index contributed by atoms with van der Waals surface area (Å²) in [4.78, 5) is 25.3. The maximum absolute atomic E-state index is 13.9. The maximum atomic E-state index is 13.9. The predicted octanol–water partition coefficient (Wildman–Crippen LogP) is 6.48. The summed E-state index contributed by atoms with van der Waals surface area (Å²) in [5, 5.41) is 6.30. The van der Waals surface area contributed by atoms with E-state index in [0.717, 1.165) is 16.8 Å². The van der Waals surface area contributed by atoms with Gasteiger partial charge in [-0.25, -0.2) is 4.39 Å². The number of amides is 1. The Labute approximate surface area is 222 Å². The first-order chi connectivity index (χ1) is 17.8. The lowest BCUT2D eigenvalue weighted by molar-refractivity contribution is -0.143. The molecule has 0 fully saturated rings. The summed E-state index contributed by atoms with van der Waals surface area (Å²) >= 11 is 0. The van der Waals surface area contributed by atoms with Crippen molar-refractivity contribution in [2.45, 2.75) is 53.7 Å². The first kappa shape index (κ1) is 27.0. The fourth-order valence-electron chi connectivity index (χ4n) is 4.06. The van der Waals surface area contributed by atoms with E-state index >= 15 is 0 Å². The number of ether oxygens (including phenoxy) is 3. The van der Waals surface area contributed by atoms with Gasteiger partial charge in [0.05, 0.1) is 23.9 Å². The normalized spacial score (nSPS) is 14.2. The van der Waals surface area contributed by atoms with Crippen LogP contribution in [0.2, 0.25) is 0 Å². The Morgan fingerprint density at radius 2 is 1.71 bits per heavy atom. The lowest BCUT2D eigenvalue weighted by atomic mass is 9.92. The zero-order valence-electron chi connectivity index (χ0n) is 22.7. The predicted molar refractivity (Wildman–Crippen MR) is 145 cm³/mol. The Bertz CT molecular complexity index is 1410. The van der Waals surface area contributed by atoms with Gasteiger partial charge in [0.25, 0.3) is 0 Å². The van der Waals surface area contributed by atoms with Crippen LogP contribution in [0.5, 0.6) is 17.2 Å². The highest BCUT2D eigenvalue weighted by Gasteiger charge is 2.35. The standard InChI is InChI=1S/C30H33FN2O5/c1-17-8-9-18(31)14-24(17)37-16-22-20(12-13-23-26(22)32-27(34)30(5,6)33-23)21-11-10-19(15-25(21)36-7)38-28(35)29(2,3)4/h8-15,33H,16H2,1-7H3,(H,32,34). The number of methoxy groups -OCH3 is 1. The molecule has 7 nitrogen and oxygen atoms in total. The summed E-state index contributed by atoms with van der Waals surface area (Å²) in [5.41, 5.74) is 2.76. The van der Waals surface area contributed by atoms with Gasteiger partial charge in [0.15, 0.2) is 0 Å². The first-order valence-electron chi connectivity index (χ1n) is 12.4. The van der Waals surface area contributed by atoms with Crippen molar-refractivity contribution in [1.82, 2.24) is 0 Å². The van der Waals surface area contributed by atoms with Gasteiger partial charge in [-0.2, -0.15) is 0 Å². The zero-order valence-corrected chi connectivity index (χ0v) is 22.7. The maximum Gasteiger partial charge on any atom is 0.316 e. The van der Waals surface area contributed by atoms with Gasteiger partial charge < -0.3 is 24.8 Å². The van der Waals surface area contributed by atoms with Gasteiger partial charge in [0.2, 0.25) is 5.91 Å². The van der Waals surface area contributed by atoms with Crippen molar-refractivity contribution in [3.05, 3.63) is 65.5 Å². The lowest BCUT2D eigenvalue weighted by Crippen LogP contribution is -2.47. The van der Waals surface area contributed by atoms with Gasteiger partial charge in [-0.05, 0) is 76.9 Å². The topological polar surface area (TPSA) is 85.9 Å². The average molecular weight is 521 g/mol. The van der Waals surface area contributed by atoms with Crippen LogP contribution < -0.4 is 24.8 Å². The number of carbonyl (C=O) groups excluding carboxylic acids is 2. The molecule has 1 heterocycles. The third-order valence-corrected chi connectivity index (χ3v) is 6.37. The monoisotopic (exact) mass is 520 g/mol. The smallest absolute Gasteiger partial charge is 0.316 e. The van der Waals surface area contributed by atoms with Gasteiger partial charge in [-0.15, -0.1) is 0 Å². The van der Waals surface area contributed by atoms with Crippen molar-refractivity contribution in [3.8, 4) is 28.4 Å². The van der Waals surface area contributed by atoms with Gasteiger partial charge in [-0.1, -0.05) is 12.1 Å². The number of carbonyl (C=O) groups is 2. The minimum atomic E-state index is -0.804. The van der Waals surface area contributed by atoms with Crippen LogP contribution in [0, 0.1) is 18.2 Å². The molecular weight excluding hydrogens is 487 g/mol. The van der Waals surface area contributed by atoms with Crippen molar-refractivity contribution >= 4 is 23.3 Å². The van der Waals surface area contributed by atoms with Gasteiger partial charge in [0.1, 0.15) is 35.2 Å². The van der Waals surface area contributed by atoms with E-state index in [0.29, 0.717) is 34.1 Å². The first-order valence-corrected chi connectivity index (χ1v) is 12.4. The quantitative estimate of drug-likeness (QED) is 0.286.